The van der Waals surface area contributed by atoms with E-state index in [2.05, 4.69) is 0 Å². The standard InChI is InChI=1S/Ba.2FH.La.2H/h;2*1H;;;/q+2;;;;2*-1. The average Bonchev–Trinajstić information content (AvgIpc) is 0. The molecule has 0 aromatic rings. The minimum atomic E-state index is 0. The quantitative estimate of drug-likeness (QED) is 0.558. The third kappa shape index (κ3) is 8.82. The predicted molar refractivity (Wildman–Crippen MR) is 13.0 cm³/mol. The third-order valence-electron chi connectivity index (χ3n) is 0. The zero-order valence-corrected chi connectivity index (χ0v) is 10.2. The second-order valence-electron chi connectivity index (χ2n) is 0. The Morgan fingerprint density at radius 2 is 1.00 bits per heavy atom. The van der Waals surface area contributed by atoms with Crippen LogP contribution in [0.2, 0.25) is 0 Å². The van der Waals surface area contributed by atoms with Gasteiger partial charge in [0.2, 0.25) is 0 Å². The molecule has 0 fully saturated rings. The molecule has 0 heterocycles. The predicted octanol–water partition coefficient (Wildman–Crippen LogP) is 0.149. The Kier molecular flexibility index (Phi) is 133. The van der Waals surface area contributed by atoms with Crippen LogP contribution in [0.5, 0.6) is 0 Å². The van der Waals surface area contributed by atoms with Crippen molar-refractivity contribution in [2.24, 2.45) is 0 Å². The molecule has 0 unspecified atom stereocenters. The maximum absolute atomic E-state index is 0. The molecule has 0 N–H and O–H groups in total. The molecular weight excluding hydrogens is 314 g/mol. The molecular formula is H4BaF2La. The molecule has 0 aromatic carbocycles. The largest absolute Gasteiger partial charge is 2.00 e. The summed E-state index contributed by atoms with van der Waals surface area (Å²) < 4.78 is 0. The van der Waals surface area contributed by atoms with Crippen LogP contribution in [0.25, 0.3) is 0 Å². The van der Waals surface area contributed by atoms with Crippen molar-refractivity contribution in [1.29, 1.82) is 0 Å². The first-order chi connectivity index (χ1) is 0. The van der Waals surface area contributed by atoms with Gasteiger partial charge in [0.25, 0.3) is 0 Å². The van der Waals surface area contributed by atoms with E-state index in [4.69, 9.17) is 0 Å². The molecule has 0 atom stereocenters. The summed E-state index contributed by atoms with van der Waals surface area (Å²) in [5.74, 6) is 0. The molecule has 0 aliphatic heterocycles. The Balaban J connectivity index is 0. The number of hydrogen-bond donors (Lipinski definition) is 0. The van der Waals surface area contributed by atoms with Gasteiger partial charge < -0.3 is 2.85 Å². The van der Waals surface area contributed by atoms with Gasteiger partial charge in [0, 0.05) is 35.6 Å². The fourth-order valence-corrected chi connectivity index (χ4v) is 0. The van der Waals surface area contributed by atoms with Crippen LogP contribution >= 0.6 is 0 Å². The van der Waals surface area contributed by atoms with Crippen molar-refractivity contribution in [1.82, 2.24) is 0 Å². The summed E-state index contributed by atoms with van der Waals surface area (Å²) >= 11 is 0. The Morgan fingerprint density at radius 1 is 1.00 bits per heavy atom. The third-order valence-corrected chi connectivity index (χ3v) is 0. The van der Waals surface area contributed by atoms with Crippen LogP contribution < -0.4 is 0 Å². The maximum Gasteiger partial charge on any atom is 2.00 e. The minimum Gasteiger partial charge on any atom is -1.00 e. The minimum absolute atomic E-state index is 0. The van der Waals surface area contributed by atoms with Gasteiger partial charge in [-0.1, -0.05) is 0 Å². The molecule has 0 amide bonds. The van der Waals surface area contributed by atoms with Crippen molar-refractivity contribution < 1.29 is 47.9 Å². The molecule has 4 heteroatoms. The Bertz CT molecular complexity index is 11.5. The van der Waals surface area contributed by atoms with Gasteiger partial charge in [-0.15, -0.1) is 0 Å². The zero-order valence-electron chi connectivity index (χ0n) is 4.10. The Morgan fingerprint density at radius 3 is 1.00 bits per heavy atom. The normalized spacial score (nSPS) is 0. The van der Waals surface area contributed by atoms with E-state index >= 15 is 0 Å². The molecule has 0 aromatic heterocycles. The average molecular weight is 318 g/mol. The summed E-state index contributed by atoms with van der Waals surface area (Å²) in [6.07, 6.45) is 0. The summed E-state index contributed by atoms with van der Waals surface area (Å²) in [6.45, 7) is 0. The first kappa shape index (κ1) is 30.4. The summed E-state index contributed by atoms with van der Waals surface area (Å²) in [5.41, 5.74) is 0. The molecule has 0 bridgehead atoms. The summed E-state index contributed by atoms with van der Waals surface area (Å²) in [5, 5.41) is 0. The van der Waals surface area contributed by atoms with E-state index in [0.717, 1.165) is 0 Å². The van der Waals surface area contributed by atoms with Gasteiger partial charge >= 0.3 is 48.9 Å². The number of rotatable bonds is 0. The second kappa shape index (κ2) is 17.5. The monoisotopic (exact) mass is 319 g/mol. The first-order valence-electron chi connectivity index (χ1n) is 0. The van der Waals surface area contributed by atoms with E-state index < -0.39 is 0 Å². The van der Waals surface area contributed by atoms with Crippen LogP contribution in [0.15, 0.2) is 0 Å². The van der Waals surface area contributed by atoms with Crippen LogP contribution in [0.4, 0.5) is 9.41 Å². The van der Waals surface area contributed by atoms with Gasteiger partial charge in [-0.05, 0) is 0 Å². The molecule has 0 aliphatic rings. The van der Waals surface area contributed by atoms with Crippen molar-refractivity contribution in [3.8, 4) is 0 Å². The van der Waals surface area contributed by atoms with Crippen LogP contribution in [-0.4, -0.2) is 48.9 Å². The van der Waals surface area contributed by atoms with E-state index in [0.29, 0.717) is 0 Å². The maximum atomic E-state index is 0. The molecule has 1 radical (unpaired) electrons. The van der Waals surface area contributed by atoms with Crippen molar-refractivity contribution >= 4 is 48.9 Å². The van der Waals surface area contributed by atoms with Crippen LogP contribution in [0.1, 0.15) is 2.85 Å². The smallest absolute Gasteiger partial charge is 1.00 e. The summed E-state index contributed by atoms with van der Waals surface area (Å²) in [6, 6.07) is 0. The van der Waals surface area contributed by atoms with E-state index in [1.807, 2.05) is 0 Å². The molecule has 23 valence electrons. The summed E-state index contributed by atoms with van der Waals surface area (Å²) in [7, 11) is 0. The Hall–Kier alpha value is 2.63. The van der Waals surface area contributed by atoms with Crippen molar-refractivity contribution in [2.45, 2.75) is 0 Å². The van der Waals surface area contributed by atoms with Gasteiger partial charge in [0.05, 0.1) is 0 Å². The van der Waals surface area contributed by atoms with Gasteiger partial charge in [-0.2, -0.15) is 0 Å². The van der Waals surface area contributed by atoms with Gasteiger partial charge in [0.15, 0.2) is 0 Å². The van der Waals surface area contributed by atoms with Crippen molar-refractivity contribution in [3.63, 3.8) is 0 Å². The van der Waals surface area contributed by atoms with Crippen LogP contribution in [0, 0.1) is 35.6 Å². The molecule has 4 heavy (non-hydrogen) atoms. The van der Waals surface area contributed by atoms with Crippen LogP contribution in [0.3, 0.4) is 0 Å². The first-order valence-corrected chi connectivity index (χ1v) is 0. The summed E-state index contributed by atoms with van der Waals surface area (Å²) in [4.78, 5) is 0. The van der Waals surface area contributed by atoms with Crippen molar-refractivity contribution in [3.05, 3.63) is 0 Å². The Labute approximate surface area is 94.5 Å². The molecule has 0 saturated carbocycles. The number of hydrogen-bond acceptors (Lipinski definition) is 0. The zero-order chi connectivity index (χ0) is 0. The van der Waals surface area contributed by atoms with E-state index in [-0.39, 0.29) is 96.7 Å². The fourth-order valence-electron chi connectivity index (χ4n) is 0. The van der Waals surface area contributed by atoms with Crippen molar-refractivity contribution in [2.75, 3.05) is 0 Å². The molecule has 0 nitrogen and oxygen atoms in total. The van der Waals surface area contributed by atoms with E-state index in [9.17, 15) is 0 Å². The molecule has 0 rings (SSSR count). The van der Waals surface area contributed by atoms with Crippen LogP contribution in [-0.2, 0) is 0 Å². The topological polar surface area (TPSA) is 0 Å². The van der Waals surface area contributed by atoms with E-state index in [1.165, 1.54) is 0 Å². The number of halogens is 2. The second-order valence-corrected chi connectivity index (χ2v) is 0. The SMILES string of the molecule is F.F.[Ba+2].[H-].[H-].[La]. The van der Waals surface area contributed by atoms with E-state index in [1.54, 1.807) is 0 Å². The molecule has 0 spiro atoms. The molecule has 0 saturated heterocycles. The van der Waals surface area contributed by atoms with Gasteiger partial charge in [0.1, 0.15) is 0 Å². The fraction of sp³-hybridized carbons (Fsp3) is 0. The van der Waals surface area contributed by atoms with Gasteiger partial charge in [-0.3, -0.25) is 9.41 Å². The van der Waals surface area contributed by atoms with Gasteiger partial charge in [-0.25, -0.2) is 0 Å². The molecule has 0 aliphatic carbocycles.